The topological polar surface area (TPSA) is 20.2 Å². The van der Waals surface area contributed by atoms with Gasteiger partial charge in [0.15, 0.2) is 0 Å². The van der Waals surface area contributed by atoms with Crippen LogP contribution >= 0.6 is 10.8 Å². The smallest absolute Gasteiger partial charge is 0.0267 e. The number of hydrogen-bond acceptors (Lipinski definition) is 1. The lowest BCUT2D eigenvalue weighted by atomic mass is 10.2. The van der Waals surface area contributed by atoms with Gasteiger partial charge in [-0.05, 0) is 42.1 Å². The van der Waals surface area contributed by atoms with Crippen molar-refractivity contribution >= 4 is 16.1 Å². The predicted molar refractivity (Wildman–Crippen MR) is 51.4 cm³/mol. The van der Waals surface area contributed by atoms with Crippen LogP contribution in [0.2, 0.25) is 0 Å². The summed E-state index contributed by atoms with van der Waals surface area (Å²) in [6.07, 6.45) is 0. The molecule has 0 aromatic heterocycles. The predicted octanol–water partition coefficient (Wildman–Crippen LogP) is 2.92. The molecule has 0 aliphatic heterocycles. The first kappa shape index (κ1) is 8.50. The van der Waals surface area contributed by atoms with Gasteiger partial charge in [-0.25, -0.2) is 0 Å². The molecule has 0 aliphatic rings. The molecule has 0 bridgehead atoms. The van der Waals surface area contributed by atoms with Crippen LogP contribution in [0.3, 0.4) is 0 Å². The van der Waals surface area contributed by atoms with Gasteiger partial charge in [0.05, 0.1) is 0 Å². The number of rotatable bonds is 1. The Bertz CT molecular complexity index is 261. The summed E-state index contributed by atoms with van der Waals surface area (Å²) in [5.41, 5.74) is 1.22. The van der Waals surface area contributed by atoms with E-state index in [0.29, 0.717) is 0 Å². The molecule has 0 aliphatic carbocycles. The summed E-state index contributed by atoms with van der Waals surface area (Å²) in [6, 6.07) is 7.93. The van der Waals surface area contributed by atoms with E-state index in [2.05, 4.69) is 0 Å². The molecule has 0 radical (unpaired) electrons. The first-order valence-corrected chi connectivity index (χ1v) is 4.77. The van der Waals surface area contributed by atoms with E-state index in [-0.39, 0.29) is 0 Å². The van der Waals surface area contributed by atoms with Crippen LogP contribution in [0, 0.1) is 6.92 Å². The Morgan fingerprint density at radius 2 is 1.82 bits per heavy atom. The molecule has 0 amide bonds. The van der Waals surface area contributed by atoms with Gasteiger partial charge in [0.25, 0.3) is 0 Å². The Morgan fingerprint density at radius 3 is 2.27 bits per heavy atom. The lowest BCUT2D eigenvalue weighted by molar-refractivity contribution is 0.660. The number of aryl methyl sites for hydroxylation is 1. The molecule has 1 aromatic carbocycles. The molecule has 1 aromatic rings. The van der Waals surface area contributed by atoms with E-state index in [4.69, 9.17) is 0 Å². The minimum Gasteiger partial charge on any atom is -0.333 e. The zero-order chi connectivity index (χ0) is 8.27. The first-order valence-electron chi connectivity index (χ1n) is 3.52. The SMILES string of the molecule is CC=S(O)c1ccc(C)cc1. The van der Waals surface area contributed by atoms with Crippen molar-refractivity contribution in [3.8, 4) is 0 Å². The molecule has 0 saturated heterocycles. The van der Waals surface area contributed by atoms with Crippen LogP contribution in [-0.4, -0.2) is 9.92 Å². The summed E-state index contributed by atoms with van der Waals surface area (Å²) in [5, 5.41) is 1.80. The summed E-state index contributed by atoms with van der Waals surface area (Å²) in [4.78, 5) is 0.984. The average Bonchev–Trinajstić information content (AvgIpc) is 2.05. The van der Waals surface area contributed by atoms with Crippen molar-refractivity contribution in [3.63, 3.8) is 0 Å². The largest absolute Gasteiger partial charge is 0.333 e. The molecule has 1 unspecified atom stereocenters. The van der Waals surface area contributed by atoms with Gasteiger partial charge in [-0.1, -0.05) is 17.7 Å². The van der Waals surface area contributed by atoms with Crippen LogP contribution in [0.5, 0.6) is 0 Å². The van der Waals surface area contributed by atoms with Crippen molar-refractivity contribution in [2.75, 3.05) is 0 Å². The van der Waals surface area contributed by atoms with Crippen LogP contribution in [0.15, 0.2) is 29.2 Å². The van der Waals surface area contributed by atoms with Crippen molar-refractivity contribution in [1.82, 2.24) is 0 Å². The third-order valence-corrected chi connectivity index (χ3v) is 2.69. The van der Waals surface area contributed by atoms with E-state index in [1.54, 1.807) is 5.37 Å². The second-order valence-corrected chi connectivity index (χ2v) is 3.94. The minimum absolute atomic E-state index is 0.674. The van der Waals surface area contributed by atoms with Gasteiger partial charge < -0.3 is 4.55 Å². The summed E-state index contributed by atoms with van der Waals surface area (Å²) in [6.45, 7) is 3.90. The van der Waals surface area contributed by atoms with Gasteiger partial charge in [0, 0.05) is 4.90 Å². The molecular weight excluding hydrogens is 156 g/mol. The van der Waals surface area contributed by atoms with Crippen molar-refractivity contribution in [2.45, 2.75) is 18.7 Å². The van der Waals surface area contributed by atoms with Crippen LogP contribution in [0.4, 0.5) is 0 Å². The van der Waals surface area contributed by atoms with Crippen LogP contribution in [0.1, 0.15) is 12.5 Å². The molecule has 1 rings (SSSR count). The third-order valence-electron chi connectivity index (χ3n) is 1.49. The molecule has 1 nitrogen and oxygen atoms in total. The molecule has 2 heteroatoms. The van der Waals surface area contributed by atoms with Crippen molar-refractivity contribution in [3.05, 3.63) is 29.8 Å². The highest BCUT2D eigenvalue weighted by Gasteiger charge is 1.92. The lowest BCUT2D eigenvalue weighted by Gasteiger charge is -1.99. The molecular formula is C9H12OS. The molecule has 0 saturated carbocycles. The molecule has 0 heterocycles. The van der Waals surface area contributed by atoms with Gasteiger partial charge in [0.1, 0.15) is 0 Å². The molecule has 11 heavy (non-hydrogen) atoms. The Kier molecular flexibility index (Phi) is 2.85. The number of benzene rings is 1. The van der Waals surface area contributed by atoms with E-state index in [1.807, 2.05) is 38.1 Å². The highest BCUT2D eigenvalue weighted by molar-refractivity contribution is 8.10. The van der Waals surface area contributed by atoms with E-state index >= 15 is 0 Å². The Balaban J connectivity index is 2.99. The molecule has 1 N–H and O–H groups in total. The maximum Gasteiger partial charge on any atom is 0.0267 e. The highest BCUT2D eigenvalue weighted by Crippen LogP contribution is 2.20. The monoisotopic (exact) mass is 168 g/mol. The van der Waals surface area contributed by atoms with E-state index < -0.39 is 10.8 Å². The Morgan fingerprint density at radius 1 is 1.27 bits per heavy atom. The quantitative estimate of drug-likeness (QED) is 0.639. The minimum atomic E-state index is -0.674. The second kappa shape index (κ2) is 3.69. The lowest BCUT2D eigenvalue weighted by Crippen LogP contribution is -1.76. The van der Waals surface area contributed by atoms with Gasteiger partial charge in [0.2, 0.25) is 0 Å². The van der Waals surface area contributed by atoms with Crippen LogP contribution in [0.25, 0.3) is 0 Å². The van der Waals surface area contributed by atoms with E-state index in [1.165, 1.54) is 5.56 Å². The fourth-order valence-electron chi connectivity index (χ4n) is 0.814. The second-order valence-electron chi connectivity index (χ2n) is 2.36. The Labute approximate surface area is 69.8 Å². The van der Waals surface area contributed by atoms with Gasteiger partial charge in [-0.2, -0.15) is 0 Å². The summed E-state index contributed by atoms with van der Waals surface area (Å²) in [5.74, 6) is 0. The molecule has 1 atom stereocenters. The zero-order valence-corrected chi connectivity index (χ0v) is 7.56. The maximum absolute atomic E-state index is 9.39. The highest BCUT2D eigenvalue weighted by atomic mass is 32.2. The third kappa shape index (κ3) is 2.17. The zero-order valence-electron chi connectivity index (χ0n) is 6.74. The van der Waals surface area contributed by atoms with Gasteiger partial charge in [-0.15, -0.1) is 0 Å². The molecule has 0 fully saturated rings. The summed E-state index contributed by atoms with van der Waals surface area (Å²) in [7, 11) is -0.674. The van der Waals surface area contributed by atoms with Gasteiger partial charge in [-0.3, -0.25) is 0 Å². The van der Waals surface area contributed by atoms with E-state index in [0.717, 1.165) is 4.90 Å². The van der Waals surface area contributed by atoms with Crippen molar-refractivity contribution in [2.24, 2.45) is 0 Å². The standard InChI is InChI=1S/C9H12OS/c1-3-11(10)9-6-4-8(2)5-7-9/h3-7,10H,1-2H3. The normalized spacial score (nSPS) is 13.4. The maximum atomic E-state index is 9.39. The van der Waals surface area contributed by atoms with Crippen molar-refractivity contribution < 1.29 is 4.55 Å². The van der Waals surface area contributed by atoms with Crippen LogP contribution < -0.4 is 0 Å². The molecule has 60 valence electrons. The van der Waals surface area contributed by atoms with E-state index in [9.17, 15) is 4.55 Å². The first-order chi connectivity index (χ1) is 5.24. The average molecular weight is 168 g/mol. The summed E-state index contributed by atoms with van der Waals surface area (Å²) < 4.78 is 9.39. The van der Waals surface area contributed by atoms with Gasteiger partial charge >= 0.3 is 0 Å². The van der Waals surface area contributed by atoms with Crippen LogP contribution in [-0.2, 0) is 0 Å². The van der Waals surface area contributed by atoms with Crippen molar-refractivity contribution in [1.29, 1.82) is 0 Å². The summed E-state index contributed by atoms with van der Waals surface area (Å²) >= 11 is 0. The number of hydrogen-bond donors (Lipinski definition) is 1. The fourth-order valence-corrected chi connectivity index (χ4v) is 1.50. The molecule has 0 spiro atoms. The fraction of sp³-hybridized carbons (Fsp3) is 0.222. The Hall–Kier alpha value is -0.600.